The van der Waals surface area contributed by atoms with Gasteiger partial charge in [-0.25, -0.2) is 0 Å². The van der Waals surface area contributed by atoms with E-state index in [-0.39, 0.29) is 17.3 Å². The number of allylic oxidation sites excluding steroid dienone is 1. The van der Waals surface area contributed by atoms with Crippen molar-refractivity contribution in [2.45, 2.75) is 4.90 Å². The maximum Gasteiger partial charge on any atom is 0.200 e. The molecule has 0 radical (unpaired) electrons. The third kappa shape index (κ3) is 2.11. The number of hydrogen-bond acceptors (Lipinski definition) is 4. The minimum atomic E-state index is -0.0446. The number of Topliss-reactive ketones (excluding diaryl/α,β-unsaturated/α-hetero) is 1. The van der Waals surface area contributed by atoms with E-state index in [9.17, 15) is 15.0 Å². The Morgan fingerprint density at radius 1 is 1.05 bits per heavy atom. The lowest BCUT2D eigenvalue weighted by atomic mass is 10.1. The van der Waals surface area contributed by atoms with Crippen LogP contribution < -0.4 is 0 Å². The largest absolute Gasteiger partial charge is 0.508 e. The Morgan fingerprint density at radius 3 is 2.58 bits per heavy atom. The number of hydrogen-bond donors (Lipinski definition) is 2. The minimum Gasteiger partial charge on any atom is -0.508 e. The van der Waals surface area contributed by atoms with Crippen LogP contribution in [0.2, 0.25) is 0 Å². The summed E-state index contributed by atoms with van der Waals surface area (Å²) in [4.78, 5) is 13.7. The van der Waals surface area contributed by atoms with Crippen LogP contribution in [0.15, 0.2) is 52.3 Å². The number of phenolic OH excluding ortho intramolecular Hbond substituents is 2. The van der Waals surface area contributed by atoms with E-state index in [4.69, 9.17) is 0 Å². The number of ketones is 1. The lowest BCUT2D eigenvalue weighted by molar-refractivity contribution is 0.104. The normalized spacial score (nSPS) is 15.8. The molecule has 0 saturated heterocycles. The summed E-state index contributed by atoms with van der Waals surface area (Å²) in [6, 6.07) is 11.7. The molecule has 1 aliphatic rings. The first-order valence-electron chi connectivity index (χ1n) is 5.70. The summed E-state index contributed by atoms with van der Waals surface area (Å²) in [7, 11) is 0. The zero-order chi connectivity index (χ0) is 13.4. The smallest absolute Gasteiger partial charge is 0.200 e. The molecule has 3 nitrogen and oxygen atoms in total. The molecule has 0 spiro atoms. The maximum absolute atomic E-state index is 12.2. The first-order chi connectivity index (χ1) is 9.15. The molecule has 0 bridgehead atoms. The van der Waals surface area contributed by atoms with Gasteiger partial charge in [0, 0.05) is 22.1 Å². The van der Waals surface area contributed by atoms with Crippen LogP contribution in [-0.2, 0) is 0 Å². The molecule has 0 fully saturated rings. The van der Waals surface area contributed by atoms with Gasteiger partial charge in [0.15, 0.2) is 0 Å². The van der Waals surface area contributed by atoms with Gasteiger partial charge in [0.05, 0.1) is 4.91 Å². The van der Waals surface area contributed by atoms with Crippen LogP contribution in [0, 0.1) is 0 Å². The predicted octanol–water partition coefficient (Wildman–Crippen LogP) is 3.43. The van der Waals surface area contributed by atoms with Crippen LogP contribution in [0.5, 0.6) is 11.5 Å². The van der Waals surface area contributed by atoms with Crippen LogP contribution in [0.25, 0.3) is 6.08 Å². The van der Waals surface area contributed by atoms with Crippen molar-refractivity contribution < 1.29 is 15.0 Å². The third-order valence-corrected chi connectivity index (χ3v) is 3.98. The molecule has 19 heavy (non-hydrogen) atoms. The van der Waals surface area contributed by atoms with Crippen LogP contribution in [0.1, 0.15) is 15.9 Å². The molecule has 0 amide bonds. The molecule has 0 aliphatic carbocycles. The number of thioether (sulfide) groups is 1. The molecule has 4 heteroatoms. The fraction of sp³-hybridized carbons (Fsp3) is 0. The van der Waals surface area contributed by atoms with Crippen molar-refractivity contribution >= 4 is 23.6 Å². The van der Waals surface area contributed by atoms with Crippen LogP contribution >= 0.6 is 11.8 Å². The highest BCUT2D eigenvalue weighted by Crippen LogP contribution is 2.41. The summed E-state index contributed by atoms with van der Waals surface area (Å²) in [5.41, 5.74) is 1.21. The second kappa shape index (κ2) is 4.48. The Morgan fingerprint density at radius 2 is 1.84 bits per heavy atom. The van der Waals surface area contributed by atoms with Crippen LogP contribution in [-0.4, -0.2) is 16.0 Å². The summed E-state index contributed by atoms with van der Waals surface area (Å²) in [5.74, 6) is -0.0849. The van der Waals surface area contributed by atoms with Crippen molar-refractivity contribution in [2.24, 2.45) is 0 Å². The number of aromatic hydroxyl groups is 2. The number of rotatable bonds is 1. The molecule has 1 heterocycles. The van der Waals surface area contributed by atoms with Crippen LogP contribution in [0.4, 0.5) is 0 Å². The Labute approximate surface area is 114 Å². The van der Waals surface area contributed by atoms with E-state index in [0.717, 1.165) is 4.90 Å². The van der Waals surface area contributed by atoms with E-state index in [1.807, 2.05) is 18.2 Å². The van der Waals surface area contributed by atoms with Crippen molar-refractivity contribution in [3.8, 4) is 11.5 Å². The summed E-state index contributed by atoms with van der Waals surface area (Å²) >= 11 is 1.39. The molecular formula is C15H10O3S. The third-order valence-electron chi connectivity index (χ3n) is 2.88. The topological polar surface area (TPSA) is 57.5 Å². The highest BCUT2D eigenvalue weighted by atomic mass is 32.2. The SMILES string of the molecule is O=C1/C(=C\c2ccc(O)cc2O)Sc2ccccc21. The van der Waals surface area contributed by atoms with Crippen molar-refractivity contribution in [3.05, 3.63) is 58.5 Å². The van der Waals surface area contributed by atoms with Crippen molar-refractivity contribution in [2.75, 3.05) is 0 Å². The maximum atomic E-state index is 12.2. The monoisotopic (exact) mass is 270 g/mol. The fourth-order valence-corrected chi connectivity index (χ4v) is 2.97. The van der Waals surface area contributed by atoms with Gasteiger partial charge < -0.3 is 10.2 Å². The Bertz CT molecular complexity index is 704. The quantitative estimate of drug-likeness (QED) is 0.779. The average Bonchev–Trinajstić information content (AvgIpc) is 2.70. The first kappa shape index (κ1) is 11.9. The van der Waals surface area contributed by atoms with E-state index in [1.165, 1.54) is 23.9 Å². The number of carbonyl (C=O) groups is 1. The number of carbonyl (C=O) groups excluding carboxylic acids is 1. The molecule has 3 rings (SSSR count). The summed E-state index contributed by atoms with van der Waals surface area (Å²) in [6.45, 7) is 0. The van der Waals surface area contributed by atoms with Gasteiger partial charge in [0.2, 0.25) is 5.78 Å². The summed E-state index contributed by atoms with van der Waals surface area (Å²) in [5, 5.41) is 19.0. The lowest BCUT2D eigenvalue weighted by Gasteiger charge is -2.01. The van der Waals surface area contributed by atoms with E-state index in [2.05, 4.69) is 0 Å². The van der Waals surface area contributed by atoms with Crippen molar-refractivity contribution in [1.82, 2.24) is 0 Å². The summed E-state index contributed by atoms with van der Waals surface area (Å²) in [6.07, 6.45) is 1.64. The average molecular weight is 270 g/mol. The second-order valence-electron chi connectivity index (χ2n) is 4.18. The minimum absolute atomic E-state index is 0.00617. The van der Waals surface area contributed by atoms with E-state index in [0.29, 0.717) is 16.0 Å². The Kier molecular flexibility index (Phi) is 2.80. The van der Waals surface area contributed by atoms with Gasteiger partial charge in [-0.1, -0.05) is 23.9 Å². The molecule has 1 aliphatic heterocycles. The number of benzene rings is 2. The molecular weight excluding hydrogens is 260 g/mol. The summed E-state index contributed by atoms with van der Waals surface area (Å²) < 4.78 is 0. The molecule has 2 N–H and O–H groups in total. The highest BCUT2D eigenvalue weighted by molar-refractivity contribution is 8.04. The number of fused-ring (bicyclic) bond motifs is 1. The molecule has 0 atom stereocenters. The van der Waals surface area contributed by atoms with Gasteiger partial charge >= 0.3 is 0 Å². The van der Waals surface area contributed by atoms with Gasteiger partial charge in [-0.15, -0.1) is 0 Å². The molecule has 0 saturated carbocycles. The predicted molar refractivity (Wildman–Crippen MR) is 74.4 cm³/mol. The fourth-order valence-electron chi connectivity index (χ4n) is 1.93. The molecule has 2 aromatic carbocycles. The van der Waals surface area contributed by atoms with Gasteiger partial charge in [-0.2, -0.15) is 0 Å². The standard InChI is InChI=1S/C15H10O3S/c16-10-6-5-9(12(17)8-10)7-14-15(18)11-3-1-2-4-13(11)19-14/h1-8,16-17H/b14-7+. The second-order valence-corrected chi connectivity index (χ2v) is 5.26. The van der Waals surface area contributed by atoms with Gasteiger partial charge in [-0.3, -0.25) is 4.79 Å². The zero-order valence-electron chi connectivity index (χ0n) is 9.83. The van der Waals surface area contributed by atoms with Gasteiger partial charge in [0.25, 0.3) is 0 Å². The van der Waals surface area contributed by atoms with Gasteiger partial charge in [-0.05, 0) is 30.3 Å². The molecule has 2 aromatic rings. The van der Waals surface area contributed by atoms with Gasteiger partial charge in [0.1, 0.15) is 11.5 Å². The van der Waals surface area contributed by atoms with Crippen molar-refractivity contribution in [3.63, 3.8) is 0 Å². The molecule has 0 aromatic heterocycles. The highest BCUT2D eigenvalue weighted by Gasteiger charge is 2.25. The zero-order valence-corrected chi connectivity index (χ0v) is 10.6. The molecule has 94 valence electrons. The first-order valence-corrected chi connectivity index (χ1v) is 6.52. The lowest BCUT2D eigenvalue weighted by Crippen LogP contribution is -1.93. The molecule has 0 unspecified atom stereocenters. The van der Waals surface area contributed by atoms with Crippen molar-refractivity contribution in [1.29, 1.82) is 0 Å². The Balaban J connectivity index is 2.01. The van der Waals surface area contributed by atoms with Crippen LogP contribution in [0.3, 0.4) is 0 Å². The van der Waals surface area contributed by atoms with E-state index < -0.39 is 0 Å². The van der Waals surface area contributed by atoms with E-state index >= 15 is 0 Å². The number of phenols is 2. The Hall–Kier alpha value is -2.20. The van der Waals surface area contributed by atoms with E-state index in [1.54, 1.807) is 18.2 Å².